The monoisotopic (exact) mass is 170 g/mol. The zero-order valence-corrected chi connectivity index (χ0v) is 8.58. The fraction of sp³-hybridized carbons (Fsp3) is 0.600. The van der Waals surface area contributed by atoms with Gasteiger partial charge in [-0.1, -0.05) is 50.2 Å². The number of hydrogen-bond acceptors (Lipinski definition) is 0. The van der Waals surface area contributed by atoms with Gasteiger partial charge < -0.3 is 0 Å². The van der Waals surface area contributed by atoms with Crippen LogP contribution in [0.15, 0.2) is 24.0 Å². The van der Waals surface area contributed by atoms with Gasteiger partial charge in [0.1, 0.15) is 0 Å². The molecule has 0 amide bonds. The predicted octanol–water partition coefficient (Wildman–Crippen LogP) is 3.90. The van der Waals surface area contributed by atoms with Crippen molar-refractivity contribution in [3.63, 3.8) is 0 Å². The Morgan fingerprint density at radius 2 is 1.91 bits per heavy atom. The van der Waals surface area contributed by atoms with Gasteiger partial charge in [0.2, 0.25) is 0 Å². The highest BCUT2D eigenvalue weighted by Crippen LogP contribution is 2.02. The molecule has 0 aliphatic heterocycles. The molecule has 0 aliphatic carbocycles. The molecule has 1 unspecified atom stereocenters. The van der Waals surface area contributed by atoms with E-state index in [1.807, 2.05) is 11.9 Å². The zero-order chi connectivity index (χ0) is 8.36. The first-order chi connectivity index (χ1) is 5.41. The summed E-state index contributed by atoms with van der Waals surface area (Å²) in [5.41, 5.74) is 0. The minimum Gasteiger partial charge on any atom is -0.114 e. The molecule has 0 bridgehead atoms. The van der Waals surface area contributed by atoms with Crippen LogP contribution < -0.4 is 0 Å². The van der Waals surface area contributed by atoms with Crippen molar-refractivity contribution in [2.24, 2.45) is 0 Å². The smallest absolute Gasteiger partial charge is 0.0348 e. The Kier molecular flexibility index (Phi) is 9.83. The Morgan fingerprint density at radius 1 is 1.09 bits per heavy atom. The quantitative estimate of drug-likeness (QED) is 0.322. The summed E-state index contributed by atoms with van der Waals surface area (Å²) in [6.07, 6.45) is 13.1. The Morgan fingerprint density at radius 3 is 2.55 bits per heavy atom. The summed E-state index contributed by atoms with van der Waals surface area (Å²) in [6.45, 7) is 2.24. The average Bonchev–Trinajstić information content (AvgIpc) is 2.03. The van der Waals surface area contributed by atoms with E-state index in [0.29, 0.717) is 0 Å². The predicted molar refractivity (Wildman–Crippen MR) is 56.7 cm³/mol. The van der Waals surface area contributed by atoms with E-state index in [4.69, 9.17) is 0 Å². The molecule has 1 atom stereocenters. The molecule has 0 aromatic heterocycles. The summed E-state index contributed by atoms with van der Waals surface area (Å²) < 4.78 is 0. The lowest BCUT2D eigenvalue weighted by Crippen LogP contribution is -1.72. The van der Waals surface area contributed by atoms with E-state index in [2.05, 4.69) is 28.3 Å². The normalized spacial score (nSPS) is 11.8. The largest absolute Gasteiger partial charge is 0.114 e. The van der Waals surface area contributed by atoms with Crippen molar-refractivity contribution in [2.75, 3.05) is 0 Å². The van der Waals surface area contributed by atoms with Crippen LogP contribution in [0.4, 0.5) is 0 Å². The van der Waals surface area contributed by atoms with Crippen molar-refractivity contribution in [1.29, 1.82) is 0 Å². The van der Waals surface area contributed by atoms with Crippen molar-refractivity contribution in [3.8, 4) is 0 Å². The average molecular weight is 170 g/mol. The SMILES string of the molecule is CCCCCCC=CC=CP. The molecule has 0 radical (unpaired) electrons. The first-order valence-electron chi connectivity index (χ1n) is 4.45. The topological polar surface area (TPSA) is 0 Å². The molecule has 0 nitrogen and oxygen atoms in total. The van der Waals surface area contributed by atoms with Crippen LogP contribution in [0.5, 0.6) is 0 Å². The molecule has 0 spiro atoms. The van der Waals surface area contributed by atoms with Crippen LogP contribution in [0.25, 0.3) is 0 Å². The summed E-state index contributed by atoms with van der Waals surface area (Å²) >= 11 is 0. The standard InChI is InChI=1S/C10H19P/c1-2-3-4-5-6-7-8-9-10-11/h7-10H,2-6,11H2,1H3. The zero-order valence-electron chi connectivity index (χ0n) is 7.42. The van der Waals surface area contributed by atoms with E-state index >= 15 is 0 Å². The van der Waals surface area contributed by atoms with Crippen molar-refractivity contribution < 1.29 is 0 Å². The lowest BCUT2D eigenvalue weighted by atomic mass is 10.1. The van der Waals surface area contributed by atoms with Crippen molar-refractivity contribution in [1.82, 2.24) is 0 Å². The maximum absolute atomic E-state index is 2.56. The fourth-order valence-corrected chi connectivity index (χ4v) is 1.06. The van der Waals surface area contributed by atoms with Crippen LogP contribution in [-0.2, 0) is 0 Å². The summed E-state index contributed by atoms with van der Waals surface area (Å²) in [4.78, 5) is 0. The molecular formula is C10H19P. The van der Waals surface area contributed by atoms with Crippen LogP contribution in [-0.4, -0.2) is 0 Å². The number of hydrogen-bond donors (Lipinski definition) is 0. The maximum Gasteiger partial charge on any atom is -0.0348 e. The minimum atomic E-state index is 1.23. The van der Waals surface area contributed by atoms with Gasteiger partial charge in [0, 0.05) is 0 Å². The Bertz CT molecular complexity index is 114. The summed E-state index contributed by atoms with van der Waals surface area (Å²) in [7, 11) is 2.56. The third kappa shape index (κ3) is 9.91. The van der Waals surface area contributed by atoms with E-state index in [1.165, 1.54) is 32.1 Å². The van der Waals surface area contributed by atoms with Crippen LogP contribution in [0.3, 0.4) is 0 Å². The molecule has 0 N–H and O–H groups in total. The third-order valence-electron chi connectivity index (χ3n) is 1.58. The number of rotatable bonds is 6. The van der Waals surface area contributed by atoms with Crippen molar-refractivity contribution in [2.45, 2.75) is 39.0 Å². The highest BCUT2D eigenvalue weighted by molar-refractivity contribution is 7.20. The molecular weight excluding hydrogens is 151 g/mol. The van der Waals surface area contributed by atoms with Crippen molar-refractivity contribution in [3.05, 3.63) is 24.0 Å². The Balaban J connectivity index is 3.01. The minimum absolute atomic E-state index is 1.23. The molecule has 11 heavy (non-hydrogen) atoms. The highest BCUT2D eigenvalue weighted by Gasteiger charge is 1.82. The number of unbranched alkanes of at least 4 members (excludes halogenated alkanes) is 4. The van der Waals surface area contributed by atoms with E-state index in [-0.39, 0.29) is 0 Å². The van der Waals surface area contributed by atoms with Gasteiger partial charge in [0.05, 0.1) is 0 Å². The summed E-state index contributed by atoms with van der Waals surface area (Å²) in [6, 6.07) is 0. The van der Waals surface area contributed by atoms with Gasteiger partial charge in [-0.2, -0.15) is 0 Å². The van der Waals surface area contributed by atoms with Gasteiger partial charge in [-0.05, 0) is 12.8 Å². The molecule has 0 aliphatic rings. The second-order valence-corrected chi connectivity index (χ2v) is 3.05. The molecule has 0 saturated heterocycles. The lowest BCUT2D eigenvalue weighted by molar-refractivity contribution is 0.674. The first-order valence-corrected chi connectivity index (χ1v) is 5.12. The maximum atomic E-state index is 2.56. The third-order valence-corrected chi connectivity index (χ3v) is 1.80. The molecule has 0 rings (SSSR count). The molecule has 0 fully saturated rings. The van der Waals surface area contributed by atoms with Crippen molar-refractivity contribution >= 4 is 9.24 Å². The van der Waals surface area contributed by atoms with Gasteiger partial charge in [0.15, 0.2) is 0 Å². The second-order valence-electron chi connectivity index (χ2n) is 2.66. The summed E-state index contributed by atoms with van der Waals surface area (Å²) in [5, 5.41) is 0. The van der Waals surface area contributed by atoms with Crippen LogP contribution in [0.2, 0.25) is 0 Å². The molecule has 64 valence electrons. The van der Waals surface area contributed by atoms with Crippen LogP contribution in [0, 0.1) is 0 Å². The number of allylic oxidation sites excluding steroid dienone is 3. The molecule has 0 saturated carbocycles. The van der Waals surface area contributed by atoms with E-state index in [1.54, 1.807) is 0 Å². The summed E-state index contributed by atoms with van der Waals surface area (Å²) in [5.74, 6) is 1.97. The highest BCUT2D eigenvalue weighted by atomic mass is 31.0. The lowest BCUT2D eigenvalue weighted by Gasteiger charge is -1.92. The Labute approximate surface area is 73.0 Å². The van der Waals surface area contributed by atoms with Gasteiger partial charge in [-0.15, -0.1) is 9.24 Å². The molecule has 0 heterocycles. The van der Waals surface area contributed by atoms with Crippen LogP contribution >= 0.6 is 9.24 Å². The van der Waals surface area contributed by atoms with Gasteiger partial charge >= 0.3 is 0 Å². The molecule has 0 aromatic rings. The molecule has 1 heteroatoms. The van der Waals surface area contributed by atoms with E-state index in [9.17, 15) is 0 Å². The van der Waals surface area contributed by atoms with E-state index in [0.717, 1.165) is 0 Å². The van der Waals surface area contributed by atoms with Crippen LogP contribution in [0.1, 0.15) is 39.0 Å². The van der Waals surface area contributed by atoms with Gasteiger partial charge in [-0.25, -0.2) is 0 Å². The fourth-order valence-electron chi connectivity index (χ4n) is 0.928. The van der Waals surface area contributed by atoms with Gasteiger partial charge in [-0.3, -0.25) is 0 Å². The van der Waals surface area contributed by atoms with E-state index < -0.39 is 0 Å². The first kappa shape index (κ1) is 10.9. The van der Waals surface area contributed by atoms with Gasteiger partial charge in [0.25, 0.3) is 0 Å². The molecule has 0 aromatic carbocycles. The second kappa shape index (κ2) is 9.91. The Hall–Kier alpha value is -0.0900.